The summed E-state index contributed by atoms with van der Waals surface area (Å²) in [5, 5.41) is 11.4. The van der Waals surface area contributed by atoms with Crippen LogP contribution in [0.5, 0.6) is 0 Å². The molecule has 4 amide bonds. The zero-order valence-electron chi connectivity index (χ0n) is 27.7. The monoisotopic (exact) mass is 634 g/mol. The minimum atomic E-state index is -1.05. The third-order valence-corrected chi connectivity index (χ3v) is 7.80. The van der Waals surface area contributed by atoms with Gasteiger partial charge in [-0.1, -0.05) is 102 Å². The molecule has 0 spiro atoms. The maximum Gasteiger partial charge on any atom is 0.329 e. The van der Waals surface area contributed by atoms with Crippen molar-refractivity contribution in [2.75, 3.05) is 0 Å². The van der Waals surface area contributed by atoms with Gasteiger partial charge >= 0.3 is 5.97 Å². The maximum atomic E-state index is 13.9. The predicted octanol–water partition coefficient (Wildman–Crippen LogP) is 3.62. The molecule has 2 aromatic rings. The van der Waals surface area contributed by atoms with E-state index in [1.807, 2.05) is 95.3 Å². The first kappa shape index (κ1) is 36.3. The minimum absolute atomic E-state index is 0.0305. The maximum absolute atomic E-state index is 13.9. The van der Waals surface area contributed by atoms with Crippen molar-refractivity contribution in [1.82, 2.24) is 21.3 Å². The lowest BCUT2D eigenvalue weighted by molar-refractivity contribution is -0.155. The molecule has 2 aromatic carbocycles. The van der Waals surface area contributed by atoms with Gasteiger partial charge in [0.05, 0.1) is 6.42 Å². The number of hydrogen-bond donors (Lipinski definition) is 4. The molecule has 250 valence electrons. The second kappa shape index (κ2) is 18.1. The van der Waals surface area contributed by atoms with Gasteiger partial charge in [-0.2, -0.15) is 0 Å². The van der Waals surface area contributed by atoms with E-state index in [4.69, 9.17) is 4.74 Å². The molecule has 1 aliphatic rings. The van der Waals surface area contributed by atoms with Crippen molar-refractivity contribution in [2.45, 2.75) is 110 Å². The van der Waals surface area contributed by atoms with Gasteiger partial charge in [-0.25, -0.2) is 4.79 Å². The molecule has 0 bridgehead atoms. The Balaban J connectivity index is 2.03. The van der Waals surface area contributed by atoms with Crippen LogP contribution in [0, 0.1) is 11.8 Å². The molecule has 10 nitrogen and oxygen atoms in total. The van der Waals surface area contributed by atoms with E-state index < -0.39 is 59.9 Å². The van der Waals surface area contributed by atoms with Gasteiger partial charge in [0.15, 0.2) is 0 Å². The zero-order chi connectivity index (χ0) is 33.6. The summed E-state index contributed by atoms with van der Waals surface area (Å²) in [6, 6.07) is 14.6. The average Bonchev–Trinajstić information content (AvgIpc) is 2.99. The van der Waals surface area contributed by atoms with Crippen LogP contribution in [-0.2, 0) is 41.6 Å². The fourth-order valence-electron chi connectivity index (χ4n) is 5.56. The van der Waals surface area contributed by atoms with Crippen LogP contribution in [0.1, 0.15) is 77.8 Å². The fraction of sp³-hybridized carbons (Fsp3) is 0.528. The van der Waals surface area contributed by atoms with E-state index in [9.17, 15) is 24.0 Å². The molecule has 0 aromatic heterocycles. The first-order chi connectivity index (χ1) is 21.9. The van der Waals surface area contributed by atoms with Crippen LogP contribution < -0.4 is 21.3 Å². The van der Waals surface area contributed by atoms with Gasteiger partial charge in [0.1, 0.15) is 30.3 Å². The topological polar surface area (TPSA) is 143 Å². The third-order valence-electron chi connectivity index (χ3n) is 7.80. The molecule has 4 N–H and O–H groups in total. The SMILES string of the molecule is CCCC1CC(=O)NC(CC(C)C)C(=O)N[C@H](Cc2ccccc2)C(=O)NC(CC(C)C)C(=O)NC(Cc2ccccc2)C(=O)O1. The summed E-state index contributed by atoms with van der Waals surface area (Å²) in [5.41, 5.74) is 1.63. The Morgan fingerprint density at radius 2 is 1.07 bits per heavy atom. The molecule has 0 aliphatic carbocycles. The summed E-state index contributed by atoms with van der Waals surface area (Å²) in [4.78, 5) is 68.2. The van der Waals surface area contributed by atoms with Gasteiger partial charge in [-0.3, -0.25) is 19.2 Å². The molecular formula is C36H50N4O6. The molecule has 3 rings (SSSR count). The van der Waals surface area contributed by atoms with Gasteiger partial charge < -0.3 is 26.0 Å². The molecule has 1 aliphatic heterocycles. The van der Waals surface area contributed by atoms with Crippen LogP contribution in [-0.4, -0.2) is 59.9 Å². The largest absolute Gasteiger partial charge is 0.460 e. The predicted molar refractivity (Wildman–Crippen MR) is 176 cm³/mol. The fourth-order valence-corrected chi connectivity index (χ4v) is 5.56. The second-order valence-electron chi connectivity index (χ2n) is 13.0. The number of esters is 1. The molecular weight excluding hydrogens is 584 g/mol. The van der Waals surface area contributed by atoms with E-state index >= 15 is 0 Å². The highest BCUT2D eigenvalue weighted by Gasteiger charge is 2.34. The number of benzene rings is 2. The number of carbonyl (C=O) groups excluding carboxylic acids is 5. The molecule has 5 atom stereocenters. The van der Waals surface area contributed by atoms with Crippen LogP contribution in [0.2, 0.25) is 0 Å². The van der Waals surface area contributed by atoms with Crippen molar-refractivity contribution in [1.29, 1.82) is 0 Å². The number of hydrogen-bond acceptors (Lipinski definition) is 6. The van der Waals surface area contributed by atoms with Gasteiger partial charge in [0.2, 0.25) is 23.6 Å². The minimum Gasteiger partial charge on any atom is -0.460 e. The quantitative estimate of drug-likeness (QED) is 0.294. The Bertz CT molecular complexity index is 1300. The van der Waals surface area contributed by atoms with E-state index in [2.05, 4.69) is 21.3 Å². The van der Waals surface area contributed by atoms with E-state index in [1.165, 1.54) is 0 Å². The summed E-state index contributed by atoms with van der Waals surface area (Å²) < 4.78 is 5.86. The number of rotatable bonds is 10. The van der Waals surface area contributed by atoms with E-state index in [1.54, 1.807) is 0 Å². The van der Waals surface area contributed by atoms with Crippen LogP contribution in [0.3, 0.4) is 0 Å². The molecule has 1 saturated heterocycles. The number of amides is 4. The lowest BCUT2D eigenvalue weighted by Gasteiger charge is -2.29. The summed E-state index contributed by atoms with van der Waals surface area (Å²) in [7, 11) is 0. The average molecular weight is 635 g/mol. The van der Waals surface area contributed by atoms with Crippen LogP contribution in [0.25, 0.3) is 0 Å². The van der Waals surface area contributed by atoms with Gasteiger partial charge in [-0.05, 0) is 42.2 Å². The molecule has 1 fully saturated rings. The van der Waals surface area contributed by atoms with E-state index in [-0.39, 0.29) is 31.1 Å². The van der Waals surface area contributed by atoms with Crippen molar-refractivity contribution in [3.05, 3.63) is 71.8 Å². The van der Waals surface area contributed by atoms with E-state index in [0.717, 1.165) is 11.1 Å². The molecule has 46 heavy (non-hydrogen) atoms. The first-order valence-corrected chi connectivity index (χ1v) is 16.4. The summed E-state index contributed by atoms with van der Waals surface area (Å²) >= 11 is 0. The third kappa shape index (κ3) is 11.9. The highest BCUT2D eigenvalue weighted by Crippen LogP contribution is 2.15. The summed E-state index contributed by atoms with van der Waals surface area (Å²) in [6.45, 7) is 9.68. The second-order valence-corrected chi connectivity index (χ2v) is 13.0. The Morgan fingerprint density at radius 1 is 0.630 bits per heavy atom. The Labute approximate surface area is 272 Å². The molecule has 0 radical (unpaired) electrons. The van der Waals surface area contributed by atoms with Gasteiger partial charge in [0.25, 0.3) is 0 Å². The van der Waals surface area contributed by atoms with Gasteiger partial charge in [0, 0.05) is 12.8 Å². The van der Waals surface area contributed by atoms with Gasteiger partial charge in [-0.15, -0.1) is 0 Å². The molecule has 10 heteroatoms. The van der Waals surface area contributed by atoms with Crippen molar-refractivity contribution in [3.8, 4) is 0 Å². The normalized spacial score (nSPS) is 23.7. The summed E-state index contributed by atoms with van der Waals surface area (Å²) in [5.74, 6) is -2.58. The first-order valence-electron chi connectivity index (χ1n) is 16.4. The Morgan fingerprint density at radius 3 is 1.57 bits per heavy atom. The zero-order valence-corrected chi connectivity index (χ0v) is 27.7. The molecule has 1 heterocycles. The molecule has 4 unspecified atom stereocenters. The van der Waals surface area contributed by atoms with Crippen LogP contribution in [0.4, 0.5) is 0 Å². The van der Waals surface area contributed by atoms with Crippen LogP contribution >= 0.6 is 0 Å². The van der Waals surface area contributed by atoms with Crippen molar-refractivity contribution >= 4 is 29.6 Å². The Hall–Kier alpha value is -4.21. The lowest BCUT2D eigenvalue weighted by Crippen LogP contribution is -2.59. The molecule has 0 saturated carbocycles. The lowest BCUT2D eigenvalue weighted by atomic mass is 9.99. The number of cyclic esters (lactones) is 1. The van der Waals surface area contributed by atoms with E-state index in [0.29, 0.717) is 25.7 Å². The summed E-state index contributed by atoms with van der Waals surface area (Å²) in [6.07, 6.45) is 1.18. The Kier molecular flexibility index (Phi) is 14.2. The van der Waals surface area contributed by atoms with Crippen molar-refractivity contribution in [3.63, 3.8) is 0 Å². The number of nitrogens with one attached hydrogen (secondary N) is 4. The smallest absolute Gasteiger partial charge is 0.329 e. The highest BCUT2D eigenvalue weighted by atomic mass is 16.5. The van der Waals surface area contributed by atoms with Crippen LogP contribution in [0.15, 0.2) is 60.7 Å². The highest BCUT2D eigenvalue weighted by molar-refractivity contribution is 5.95. The standard InChI is InChI=1S/C36H50N4O6/c1-6-13-27-22-32(41)37-28(18-23(2)3)33(42)39-30(20-25-14-9-7-10-15-25)35(44)38-29(19-24(4)5)34(43)40-31(36(45)46-27)21-26-16-11-8-12-17-26/h7-12,14-17,23-24,27-31H,6,13,18-22H2,1-5H3,(H,37,41)(H,38,44)(H,39,42)(H,40,43)/t27?,28?,29?,30-,31?/m1/s1. The van der Waals surface area contributed by atoms with Crippen molar-refractivity contribution in [2.24, 2.45) is 11.8 Å². The number of ether oxygens (including phenoxy) is 1. The number of carbonyl (C=O) groups is 5. The van der Waals surface area contributed by atoms with Crippen molar-refractivity contribution < 1.29 is 28.7 Å².